The summed E-state index contributed by atoms with van der Waals surface area (Å²) in [7, 11) is -2.46. The molecule has 7 nitrogen and oxygen atoms in total. The van der Waals surface area contributed by atoms with E-state index in [1.165, 1.54) is 14.0 Å². The lowest BCUT2D eigenvalue weighted by molar-refractivity contribution is -0.122. The van der Waals surface area contributed by atoms with Gasteiger partial charge in [-0.3, -0.25) is 9.10 Å². The minimum atomic E-state index is -3.96. The molecule has 170 valence electrons. The normalized spacial score (nSPS) is 12.4. The lowest BCUT2D eigenvalue weighted by Crippen LogP contribution is -2.47. The molecule has 0 aliphatic rings. The lowest BCUT2D eigenvalue weighted by Gasteiger charge is -2.28. The molecule has 0 heterocycles. The van der Waals surface area contributed by atoms with E-state index < -0.39 is 33.6 Å². The first-order valence-electron chi connectivity index (χ1n) is 9.49. The number of sulfonamides is 1. The molecule has 1 amide bonds. The van der Waals surface area contributed by atoms with E-state index in [9.17, 15) is 22.0 Å². The first kappa shape index (κ1) is 24.4. The number of hydrogen-bond acceptors (Lipinski definition) is 5. The van der Waals surface area contributed by atoms with Crippen molar-refractivity contribution in [3.8, 4) is 11.5 Å². The van der Waals surface area contributed by atoms with Crippen LogP contribution in [0.3, 0.4) is 0 Å². The standard InChI is InChI=1S/C21H26F2N2O5S/c1-13(2)30-19-9-6-15(10-20(19)29-4)12-24-21(26)14(3)25(31(5,27)28)16-7-8-17(22)18(23)11-16/h6-11,13-14H,12H2,1-5H3,(H,24,26)/t14-/m1/s1. The molecule has 31 heavy (non-hydrogen) atoms. The van der Waals surface area contributed by atoms with Gasteiger partial charge in [-0.15, -0.1) is 0 Å². The maximum Gasteiger partial charge on any atom is 0.243 e. The molecular weight excluding hydrogens is 430 g/mol. The van der Waals surface area contributed by atoms with E-state index in [1.54, 1.807) is 18.2 Å². The van der Waals surface area contributed by atoms with Crippen molar-refractivity contribution in [1.82, 2.24) is 5.32 Å². The minimum absolute atomic E-state index is 0.0430. The smallest absolute Gasteiger partial charge is 0.243 e. The van der Waals surface area contributed by atoms with Crippen LogP contribution in [0.15, 0.2) is 36.4 Å². The summed E-state index contributed by atoms with van der Waals surface area (Å²) >= 11 is 0. The number of nitrogens with zero attached hydrogens (tertiary/aromatic N) is 1. The molecule has 0 aliphatic heterocycles. The molecule has 0 radical (unpaired) electrons. The molecule has 0 bridgehead atoms. The Morgan fingerprint density at radius 2 is 1.74 bits per heavy atom. The van der Waals surface area contributed by atoms with Crippen LogP contribution in [0, 0.1) is 11.6 Å². The molecule has 10 heteroatoms. The van der Waals surface area contributed by atoms with Crippen molar-refractivity contribution in [3.63, 3.8) is 0 Å². The second kappa shape index (κ2) is 9.95. The van der Waals surface area contributed by atoms with Crippen LogP contribution in [0.25, 0.3) is 0 Å². The molecule has 0 spiro atoms. The van der Waals surface area contributed by atoms with Crippen molar-refractivity contribution in [2.24, 2.45) is 0 Å². The number of ether oxygens (including phenoxy) is 2. The Labute approximate surface area is 181 Å². The highest BCUT2D eigenvalue weighted by molar-refractivity contribution is 7.92. The van der Waals surface area contributed by atoms with Crippen LogP contribution in [0.2, 0.25) is 0 Å². The Kier molecular flexibility index (Phi) is 7.83. The number of carbonyl (C=O) groups excluding carboxylic acids is 1. The maximum atomic E-state index is 13.6. The number of anilines is 1. The van der Waals surface area contributed by atoms with Crippen molar-refractivity contribution >= 4 is 21.6 Å². The fourth-order valence-electron chi connectivity index (χ4n) is 2.94. The molecule has 2 aromatic rings. The largest absolute Gasteiger partial charge is 0.493 e. The maximum absolute atomic E-state index is 13.6. The lowest BCUT2D eigenvalue weighted by atomic mass is 10.2. The summed E-state index contributed by atoms with van der Waals surface area (Å²) in [5, 5.41) is 2.65. The van der Waals surface area contributed by atoms with Crippen LogP contribution >= 0.6 is 0 Å². The van der Waals surface area contributed by atoms with Gasteiger partial charge in [-0.1, -0.05) is 6.07 Å². The molecule has 0 saturated carbocycles. The number of halogens is 2. The van der Waals surface area contributed by atoms with Crippen LogP contribution in [0.1, 0.15) is 26.3 Å². The van der Waals surface area contributed by atoms with E-state index >= 15 is 0 Å². The number of amides is 1. The third kappa shape index (κ3) is 6.30. The highest BCUT2D eigenvalue weighted by Crippen LogP contribution is 2.29. The van der Waals surface area contributed by atoms with Gasteiger partial charge in [0.2, 0.25) is 15.9 Å². The zero-order valence-electron chi connectivity index (χ0n) is 18.0. The van der Waals surface area contributed by atoms with Crippen molar-refractivity contribution in [3.05, 3.63) is 53.6 Å². The van der Waals surface area contributed by atoms with Crippen LogP contribution < -0.4 is 19.1 Å². The Bertz CT molecular complexity index is 1040. The Morgan fingerprint density at radius 3 is 2.29 bits per heavy atom. The average molecular weight is 457 g/mol. The number of hydrogen-bond donors (Lipinski definition) is 1. The topological polar surface area (TPSA) is 84.9 Å². The van der Waals surface area contributed by atoms with E-state index in [0.29, 0.717) is 17.1 Å². The molecule has 0 saturated heterocycles. The highest BCUT2D eigenvalue weighted by Gasteiger charge is 2.29. The predicted molar refractivity (Wildman–Crippen MR) is 114 cm³/mol. The molecular formula is C21H26F2N2O5S. The van der Waals surface area contributed by atoms with Crippen LogP contribution in [-0.4, -0.2) is 39.8 Å². The second-order valence-corrected chi connectivity index (χ2v) is 9.06. The quantitative estimate of drug-likeness (QED) is 0.626. The van der Waals surface area contributed by atoms with Crippen LogP contribution in [-0.2, 0) is 21.4 Å². The third-order valence-electron chi connectivity index (χ3n) is 4.30. The van der Waals surface area contributed by atoms with Crippen molar-refractivity contribution < 1.29 is 31.5 Å². The summed E-state index contributed by atoms with van der Waals surface area (Å²) in [5.41, 5.74) is 0.549. The zero-order chi connectivity index (χ0) is 23.3. The third-order valence-corrected chi connectivity index (χ3v) is 5.55. The molecule has 1 atom stereocenters. The zero-order valence-corrected chi connectivity index (χ0v) is 18.8. The predicted octanol–water partition coefficient (Wildman–Crippen LogP) is 3.23. The van der Waals surface area contributed by atoms with Gasteiger partial charge in [0, 0.05) is 12.6 Å². The summed E-state index contributed by atoms with van der Waals surface area (Å²) in [6.45, 7) is 5.22. The summed E-state index contributed by atoms with van der Waals surface area (Å²) in [6, 6.07) is 6.60. The SMILES string of the molecule is COc1cc(CNC(=O)[C@@H](C)N(c2ccc(F)c(F)c2)S(C)(=O)=O)ccc1OC(C)C. The molecule has 1 N–H and O–H groups in total. The molecule has 2 rings (SSSR count). The van der Waals surface area contributed by atoms with E-state index in [0.717, 1.165) is 28.8 Å². The number of methoxy groups -OCH3 is 1. The van der Waals surface area contributed by atoms with Gasteiger partial charge < -0.3 is 14.8 Å². The monoisotopic (exact) mass is 456 g/mol. The molecule has 0 unspecified atom stereocenters. The first-order valence-corrected chi connectivity index (χ1v) is 11.3. The number of benzene rings is 2. The number of rotatable bonds is 9. The van der Waals surface area contributed by atoms with Gasteiger partial charge in [0.25, 0.3) is 0 Å². The molecule has 0 fully saturated rings. The first-order chi connectivity index (χ1) is 14.4. The fraction of sp³-hybridized carbons (Fsp3) is 0.381. The Hall–Kier alpha value is -2.88. The van der Waals surface area contributed by atoms with Gasteiger partial charge in [0.05, 0.1) is 25.2 Å². The minimum Gasteiger partial charge on any atom is -0.493 e. The van der Waals surface area contributed by atoms with Gasteiger partial charge in [-0.25, -0.2) is 17.2 Å². The molecule has 0 aliphatic carbocycles. The Balaban J connectivity index is 2.18. The fourth-order valence-corrected chi connectivity index (χ4v) is 4.11. The number of nitrogens with one attached hydrogen (secondary N) is 1. The van der Waals surface area contributed by atoms with E-state index in [4.69, 9.17) is 9.47 Å². The van der Waals surface area contributed by atoms with E-state index in [2.05, 4.69) is 5.32 Å². The highest BCUT2D eigenvalue weighted by atomic mass is 32.2. The van der Waals surface area contributed by atoms with Crippen LogP contribution in [0.5, 0.6) is 11.5 Å². The van der Waals surface area contributed by atoms with Gasteiger partial charge in [0.1, 0.15) is 6.04 Å². The van der Waals surface area contributed by atoms with E-state index in [1.807, 2.05) is 13.8 Å². The van der Waals surface area contributed by atoms with Crippen LogP contribution in [0.4, 0.5) is 14.5 Å². The average Bonchev–Trinajstić information content (AvgIpc) is 2.68. The summed E-state index contributed by atoms with van der Waals surface area (Å²) in [4.78, 5) is 12.7. The van der Waals surface area contributed by atoms with Crippen molar-refractivity contribution in [1.29, 1.82) is 0 Å². The van der Waals surface area contributed by atoms with E-state index in [-0.39, 0.29) is 18.3 Å². The molecule has 2 aromatic carbocycles. The van der Waals surface area contributed by atoms with Crippen molar-refractivity contribution in [2.75, 3.05) is 17.7 Å². The summed E-state index contributed by atoms with van der Waals surface area (Å²) < 4.78 is 63.1. The van der Waals surface area contributed by atoms with Gasteiger partial charge >= 0.3 is 0 Å². The Morgan fingerprint density at radius 1 is 1.06 bits per heavy atom. The van der Waals surface area contributed by atoms with Gasteiger partial charge in [0.15, 0.2) is 23.1 Å². The summed E-state index contributed by atoms with van der Waals surface area (Å²) in [5.74, 6) is -1.89. The molecule has 0 aromatic heterocycles. The summed E-state index contributed by atoms with van der Waals surface area (Å²) in [6.07, 6.45) is 0.842. The number of carbonyl (C=O) groups is 1. The van der Waals surface area contributed by atoms with Gasteiger partial charge in [-0.05, 0) is 50.6 Å². The van der Waals surface area contributed by atoms with Gasteiger partial charge in [-0.2, -0.15) is 0 Å². The van der Waals surface area contributed by atoms with Crippen molar-refractivity contribution in [2.45, 2.75) is 39.5 Å². The second-order valence-electron chi connectivity index (χ2n) is 7.20.